The van der Waals surface area contributed by atoms with Crippen molar-refractivity contribution in [2.75, 3.05) is 6.54 Å². The Labute approximate surface area is 184 Å². The topological polar surface area (TPSA) is 95.9 Å². The minimum absolute atomic E-state index is 0.0517. The van der Waals surface area contributed by atoms with Crippen LogP contribution in [0.3, 0.4) is 0 Å². The zero-order chi connectivity index (χ0) is 22.6. The molecule has 2 atom stereocenters. The van der Waals surface area contributed by atoms with Crippen LogP contribution in [0.4, 0.5) is 0 Å². The molecule has 0 unspecified atom stereocenters. The number of phenolic OH excluding ortho intramolecular Hbond substituents is 1. The molecule has 1 amide bonds. The van der Waals surface area contributed by atoms with Gasteiger partial charge in [-0.05, 0) is 70.6 Å². The maximum atomic E-state index is 11.7. The third-order valence-corrected chi connectivity index (χ3v) is 6.59. The van der Waals surface area contributed by atoms with E-state index < -0.39 is 5.97 Å². The van der Waals surface area contributed by atoms with E-state index in [1.807, 2.05) is 6.07 Å². The van der Waals surface area contributed by atoms with Crippen LogP contribution in [0.2, 0.25) is 0 Å². The number of benzene rings is 1. The van der Waals surface area contributed by atoms with Crippen LogP contribution >= 0.6 is 0 Å². The Morgan fingerprint density at radius 3 is 2.71 bits per heavy atom. The Morgan fingerprint density at radius 1 is 1.19 bits per heavy atom. The number of unbranched alkanes of at least 4 members (excludes halogenated alkanes) is 2. The number of carboxylic acids is 1. The van der Waals surface area contributed by atoms with Crippen molar-refractivity contribution in [3.8, 4) is 11.5 Å². The van der Waals surface area contributed by atoms with Gasteiger partial charge in [-0.2, -0.15) is 0 Å². The SMILES string of the molecule is CC1=CC[C@@H]2[C@@H](C1)c1c(O)cc(CCCCCC(=O)NCCC(=O)O)cc1OC2(C)C. The predicted molar refractivity (Wildman–Crippen MR) is 119 cm³/mol. The van der Waals surface area contributed by atoms with E-state index in [1.54, 1.807) is 0 Å². The van der Waals surface area contributed by atoms with Gasteiger partial charge < -0.3 is 20.3 Å². The summed E-state index contributed by atoms with van der Waals surface area (Å²) < 4.78 is 6.37. The van der Waals surface area contributed by atoms with Crippen LogP contribution in [0.1, 0.15) is 82.8 Å². The molecular formula is C25H35NO5. The van der Waals surface area contributed by atoms with E-state index in [0.717, 1.165) is 55.4 Å². The number of aryl methyl sites for hydroxylation is 1. The lowest BCUT2D eigenvalue weighted by atomic mass is 9.67. The van der Waals surface area contributed by atoms with Crippen molar-refractivity contribution in [2.45, 2.75) is 83.7 Å². The van der Waals surface area contributed by atoms with Gasteiger partial charge in [-0.1, -0.05) is 18.1 Å². The van der Waals surface area contributed by atoms with Gasteiger partial charge in [0.2, 0.25) is 5.91 Å². The standard InChI is InChI=1S/C25H35NO5/c1-16-9-10-19-18(13-16)24-20(27)14-17(15-21(24)31-25(19,2)3)7-5-4-6-8-22(28)26-12-11-23(29)30/h9,14-15,18-19,27H,4-8,10-13H2,1-3H3,(H,26,28)(H,29,30)/t18-,19-/m1/s1. The Balaban J connectivity index is 1.54. The van der Waals surface area contributed by atoms with Crippen LogP contribution in [-0.4, -0.2) is 34.2 Å². The van der Waals surface area contributed by atoms with Crippen LogP contribution < -0.4 is 10.1 Å². The summed E-state index contributed by atoms with van der Waals surface area (Å²) in [5, 5.41) is 22.1. The monoisotopic (exact) mass is 429 g/mol. The van der Waals surface area contributed by atoms with Crippen LogP contribution in [0, 0.1) is 5.92 Å². The molecule has 1 heterocycles. The molecule has 170 valence electrons. The summed E-state index contributed by atoms with van der Waals surface area (Å²) in [7, 11) is 0. The van der Waals surface area contributed by atoms with E-state index in [0.29, 0.717) is 18.1 Å². The summed E-state index contributed by atoms with van der Waals surface area (Å²) in [4.78, 5) is 22.2. The summed E-state index contributed by atoms with van der Waals surface area (Å²) >= 11 is 0. The molecule has 0 bridgehead atoms. The molecule has 1 aromatic carbocycles. The molecular weight excluding hydrogens is 394 g/mol. The van der Waals surface area contributed by atoms with Gasteiger partial charge in [-0.25, -0.2) is 0 Å². The lowest BCUT2D eigenvalue weighted by molar-refractivity contribution is -0.136. The fourth-order valence-corrected chi connectivity index (χ4v) is 4.95. The Morgan fingerprint density at radius 2 is 1.97 bits per heavy atom. The average Bonchev–Trinajstić information content (AvgIpc) is 2.66. The number of aliphatic carboxylic acids is 1. The highest BCUT2D eigenvalue weighted by molar-refractivity contribution is 5.76. The second-order valence-corrected chi connectivity index (χ2v) is 9.49. The molecule has 3 rings (SSSR count). The highest BCUT2D eigenvalue weighted by atomic mass is 16.5. The zero-order valence-electron chi connectivity index (χ0n) is 18.9. The van der Waals surface area contributed by atoms with Crippen molar-refractivity contribution < 1.29 is 24.5 Å². The fourth-order valence-electron chi connectivity index (χ4n) is 4.95. The van der Waals surface area contributed by atoms with Gasteiger partial charge >= 0.3 is 5.97 Å². The summed E-state index contributed by atoms with van der Waals surface area (Å²) in [5.41, 5.74) is 3.12. The van der Waals surface area contributed by atoms with E-state index in [4.69, 9.17) is 9.84 Å². The molecule has 0 aromatic heterocycles. The second-order valence-electron chi connectivity index (χ2n) is 9.49. The van der Waals surface area contributed by atoms with E-state index in [1.165, 1.54) is 5.57 Å². The number of hydrogen-bond acceptors (Lipinski definition) is 4. The smallest absolute Gasteiger partial charge is 0.305 e. The predicted octanol–water partition coefficient (Wildman–Crippen LogP) is 4.70. The van der Waals surface area contributed by atoms with E-state index in [2.05, 4.69) is 38.2 Å². The third kappa shape index (κ3) is 5.81. The number of fused-ring (bicyclic) bond motifs is 3. The number of nitrogens with one attached hydrogen (secondary N) is 1. The van der Waals surface area contributed by atoms with Gasteiger partial charge in [0.15, 0.2) is 0 Å². The lowest BCUT2D eigenvalue weighted by Gasteiger charge is -2.47. The number of hydrogen-bond donors (Lipinski definition) is 3. The third-order valence-electron chi connectivity index (χ3n) is 6.59. The average molecular weight is 430 g/mol. The van der Waals surface area contributed by atoms with Crippen LogP contribution in [0.15, 0.2) is 23.8 Å². The molecule has 1 aromatic rings. The largest absolute Gasteiger partial charge is 0.508 e. The molecule has 3 N–H and O–H groups in total. The molecule has 6 heteroatoms. The van der Waals surface area contributed by atoms with E-state index in [9.17, 15) is 14.7 Å². The number of ether oxygens (including phenoxy) is 1. The van der Waals surface area contributed by atoms with Crippen molar-refractivity contribution in [1.29, 1.82) is 0 Å². The first-order valence-corrected chi connectivity index (χ1v) is 11.4. The van der Waals surface area contributed by atoms with Gasteiger partial charge in [0, 0.05) is 30.4 Å². The van der Waals surface area contributed by atoms with Crippen LogP contribution in [0.5, 0.6) is 11.5 Å². The minimum atomic E-state index is -0.911. The Hall–Kier alpha value is -2.50. The first kappa shape index (κ1) is 23.2. The molecule has 6 nitrogen and oxygen atoms in total. The van der Waals surface area contributed by atoms with Crippen LogP contribution in [0.25, 0.3) is 0 Å². The zero-order valence-corrected chi connectivity index (χ0v) is 18.9. The number of carbonyl (C=O) groups is 2. The molecule has 1 aliphatic heterocycles. The van der Waals surface area contributed by atoms with Gasteiger partial charge in [0.25, 0.3) is 0 Å². The second kappa shape index (κ2) is 9.75. The molecule has 1 aliphatic carbocycles. The molecule has 2 aliphatic rings. The summed E-state index contributed by atoms with van der Waals surface area (Å²) in [5.74, 6) is 0.792. The number of amides is 1. The molecule has 0 saturated heterocycles. The number of rotatable bonds is 9. The van der Waals surface area contributed by atoms with Crippen molar-refractivity contribution in [3.63, 3.8) is 0 Å². The van der Waals surface area contributed by atoms with Crippen molar-refractivity contribution in [3.05, 3.63) is 34.9 Å². The number of phenols is 1. The van der Waals surface area contributed by atoms with Crippen LogP contribution in [-0.2, 0) is 16.0 Å². The summed E-state index contributed by atoms with van der Waals surface area (Å²) in [6.07, 6.45) is 7.98. The van der Waals surface area contributed by atoms with Crippen molar-refractivity contribution in [1.82, 2.24) is 5.32 Å². The number of allylic oxidation sites excluding steroid dienone is 2. The molecule has 31 heavy (non-hydrogen) atoms. The maximum Gasteiger partial charge on any atom is 0.305 e. The van der Waals surface area contributed by atoms with E-state index in [-0.39, 0.29) is 30.4 Å². The normalized spacial score (nSPS) is 21.3. The van der Waals surface area contributed by atoms with Gasteiger partial charge in [0.1, 0.15) is 17.1 Å². The minimum Gasteiger partial charge on any atom is -0.508 e. The first-order valence-electron chi connectivity index (χ1n) is 11.4. The Kier molecular flexibility index (Phi) is 7.29. The Bertz CT molecular complexity index is 858. The molecule has 0 radical (unpaired) electrons. The fraction of sp³-hybridized carbons (Fsp3) is 0.600. The number of aromatic hydroxyl groups is 1. The first-order chi connectivity index (χ1) is 14.7. The highest BCUT2D eigenvalue weighted by Gasteiger charge is 2.45. The summed E-state index contributed by atoms with van der Waals surface area (Å²) in [6.45, 7) is 6.63. The van der Waals surface area contributed by atoms with Gasteiger partial charge in [-0.3, -0.25) is 9.59 Å². The highest BCUT2D eigenvalue weighted by Crippen LogP contribution is 2.54. The van der Waals surface area contributed by atoms with Gasteiger partial charge in [0.05, 0.1) is 6.42 Å². The molecule has 0 spiro atoms. The molecule has 0 saturated carbocycles. The van der Waals surface area contributed by atoms with Crippen molar-refractivity contribution in [2.24, 2.45) is 5.92 Å². The number of carboxylic acid groups (broad SMARTS) is 1. The quantitative estimate of drug-likeness (QED) is 0.391. The van der Waals surface area contributed by atoms with Gasteiger partial charge in [-0.15, -0.1) is 0 Å². The lowest BCUT2D eigenvalue weighted by Crippen LogP contribution is -2.45. The number of carbonyl (C=O) groups excluding carboxylic acids is 1. The van der Waals surface area contributed by atoms with E-state index >= 15 is 0 Å². The maximum absolute atomic E-state index is 11.7. The van der Waals surface area contributed by atoms with Crippen molar-refractivity contribution >= 4 is 11.9 Å². The summed E-state index contributed by atoms with van der Waals surface area (Å²) in [6, 6.07) is 3.96. The molecule has 0 fully saturated rings.